The van der Waals surface area contributed by atoms with Gasteiger partial charge >= 0.3 is 0 Å². The quantitative estimate of drug-likeness (QED) is 0.517. The second-order valence-corrected chi connectivity index (χ2v) is 11.8. The Morgan fingerprint density at radius 3 is 2.53 bits per heavy atom. The van der Waals surface area contributed by atoms with E-state index in [-0.39, 0.29) is 10.8 Å². The van der Waals surface area contributed by atoms with Crippen LogP contribution < -0.4 is 16.0 Å². The van der Waals surface area contributed by atoms with Gasteiger partial charge in [0.2, 0.25) is 0 Å². The molecule has 1 saturated heterocycles. The lowest BCUT2D eigenvalue weighted by molar-refractivity contribution is 0.0965. The van der Waals surface area contributed by atoms with Crippen molar-refractivity contribution < 1.29 is 13.2 Å². The first-order chi connectivity index (χ1) is 17.3. The first-order valence-electron chi connectivity index (χ1n) is 12.1. The normalized spacial score (nSPS) is 16.0. The molecule has 1 aromatic carbocycles. The lowest BCUT2D eigenvalue weighted by Gasteiger charge is -2.23. The molecule has 8 nitrogen and oxygen atoms in total. The SMILES string of the molecule is CC(C)S(=O)(=O)c1cncc(-c2cc3c(c(Nc4ccc(C5CCNCC5)cc4)n2)C(=O)[N]C=C3)c1. The minimum Gasteiger partial charge on any atom is -0.340 e. The summed E-state index contributed by atoms with van der Waals surface area (Å²) in [7, 11) is -3.50. The molecule has 1 fully saturated rings. The Kier molecular flexibility index (Phi) is 6.59. The monoisotopic (exact) mass is 502 g/mol. The summed E-state index contributed by atoms with van der Waals surface area (Å²) in [5, 5.41) is 10.0. The van der Waals surface area contributed by atoms with Gasteiger partial charge in [0.1, 0.15) is 5.82 Å². The predicted octanol–water partition coefficient (Wildman–Crippen LogP) is 4.27. The number of sulfone groups is 1. The van der Waals surface area contributed by atoms with Gasteiger partial charge in [-0.05, 0) is 87.2 Å². The number of anilines is 2. The summed E-state index contributed by atoms with van der Waals surface area (Å²) in [6.07, 6.45) is 8.37. The van der Waals surface area contributed by atoms with Crippen molar-refractivity contribution in [3.63, 3.8) is 0 Å². The van der Waals surface area contributed by atoms with Crippen molar-refractivity contribution >= 4 is 33.3 Å². The number of benzene rings is 1. The molecule has 4 heterocycles. The molecular formula is C27H28N5O3S. The summed E-state index contributed by atoms with van der Waals surface area (Å²) in [5.41, 5.74) is 4.20. The van der Waals surface area contributed by atoms with Crippen LogP contribution in [0.1, 0.15) is 54.1 Å². The molecule has 0 bridgehead atoms. The molecule has 0 saturated carbocycles. The number of rotatable bonds is 6. The van der Waals surface area contributed by atoms with Crippen LogP contribution in [0.2, 0.25) is 0 Å². The third-order valence-electron chi connectivity index (χ3n) is 6.65. The van der Waals surface area contributed by atoms with E-state index < -0.39 is 15.1 Å². The molecule has 185 valence electrons. The Labute approximate surface area is 211 Å². The number of hydrogen-bond acceptors (Lipinski definition) is 7. The van der Waals surface area contributed by atoms with Crippen molar-refractivity contribution in [1.82, 2.24) is 20.6 Å². The zero-order chi connectivity index (χ0) is 25.3. The average molecular weight is 503 g/mol. The topological polar surface area (TPSA) is 115 Å². The Bertz CT molecular complexity index is 1430. The van der Waals surface area contributed by atoms with E-state index in [2.05, 4.69) is 33.1 Å². The van der Waals surface area contributed by atoms with Crippen LogP contribution in [-0.2, 0) is 9.84 Å². The van der Waals surface area contributed by atoms with Crippen LogP contribution in [-0.4, -0.2) is 42.6 Å². The fourth-order valence-corrected chi connectivity index (χ4v) is 5.57. The van der Waals surface area contributed by atoms with Crippen molar-refractivity contribution in [3.8, 4) is 11.3 Å². The first-order valence-corrected chi connectivity index (χ1v) is 13.6. The van der Waals surface area contributed by atoms with E-state index in [1.807, 2.05) is 12.1 Å². The van der Waals surface area contributed by atoms with Crippen molar-refractivity contribution in [2.24, 2.45) is 0 Å². The van der Waals surface area contributed by atoms with E-state index in [0.717, 1.165) is 31.6 Å². The summed E-state index contributed by atoms with van der Waals surface area (Å²) in [5.74, 6) is 0.531. The van der Waals surface area contributed by atoms with Gasteiger partial charge in [0.15, 0.2) is 9.84 Å². The number of hydrogen-bond donors (Lipinski definition) is 2. The molecule has 0 atom stereocenters. The number of carbonyl (C=O) groups is 1. The van der Waals surface area contributed by atoms with Gasteiger partial charge in [-0.2, -0.15) is 0 Å². The zero-order valence-corrected chi connectivity index (χ0v) is 21.0. The van der Waals surface area contributed by atoms with E-state index in [0.29, 0.717) is 34.1 Å². The minimum absolute atomic E-state index is 0.138. The number of pyridine rings is 2. The smallest absolute Gasteiger partial charge is 0.281 e. The highest BCUT2D eigenvalue weighted by atomic mass is 32.2. The van der Waals surface area contributed by atoms with Crippen LogP contribution in [0, 0.1) is 0 Å². The molecular weight excluding hydrogens is 474 g/mol. The molecule has 2 aromatic heterocycles. The molecule has 1 radical (unpaired) electrons. The van der Waals surface area contributed by atoms with Gasteiger partial charge in [0.25, 0.3) is 5.91 Å². The molecule has 5 rings (SSSR count). The average Bonchev–Trinajstić information content (AvgIpc) is 2.89. The predicted molar refractivity (Wildman–Crippen MR) is 140 cm³/mol. The van der Waals surface area contributed by atoms with Crippen molar-refractivity contribution in [2.45, 2.75) is 42.8 Å². The first kappa shape index (κ1) is 24.1. The van der Waals surface area contributed by atoms with Crippen LogP contribution in [0.5, 0.6) is 0 Å². The highest BCUT2D eigenvalue weighted by Gasteiger charge is 2.24. The van der Waals surface area contributed by atoms with Crippen molar-refractivity contribution in [1.29, 1.82) is 0 Å². The van der Waals surface area contributed by atoms with Crippen LogP contribution >= 0.6 is 0 Å². The third-order valence-corrected chi connectivity index (χ3v) is 8.77. The molecule has 9 heteroatoms. The Morgan fingerprint density at radius 2 is 1.81 bits per heavy atom. The van der Waals surface area contributed by atoms with Gasteiger partial charge in [-0.15, -0.1) is 0 Å². The molecule has 2 aliphatic heterocycles. The van der Waals surface area contributed by atoms with Gasteiger partial charge in [0.05, 0.1) is 21.4 Å². The minimum atomic E-state index is -3.50. The van der Waals surface area contributed by atoms with Crippen LogP contribution in [0.3, 0.4) is 0 Å². The van der Waals surface area contributed by atoms with Crippen molar-refractivity contribution in [2.75, 3.05) is 18.4 Å². The van der Waals surface area contributed by atoms with Crippen LogP contribution in [0.4, 0.5) is 11.5 Å². The Balaban J connectivity index is 1.52. The molecule has 2 aliphatic rings. The maximum Gasteiger partial charge on any atom is 0.281 e. The zero-order valence-electron chi connectivity index (χ0n) is 20.2. The van der Waals surface area contributed by atoms with Gasteiger partial charge < -0.3 is 10.6 Å². The summed E-state index contributed by atoms with van der Waals surface area (Å²) in [4.78, 5) is 21.7. The van der Waals surface area contributed by atoms with E-state index in [1.54, 1.807) is 38.3 Å². The Hall–Kier alpha value is -3.56. The second-order valence-electron chi connectivity index (χ2n) is 9.34. The van der Waals surface area contributed by atoms with Gasteiger partial charge in [-0.25, -0.2) is 18.7 Å². The second kappa shape index (κ2) is 9.83. The maximum atomic E-state index is 12.7. The molecule has 0 spiro atoms. The summed E-state index contributed by atoms with van der Waals surface area (Å²) in [6, 6.07) is 11.6. The van der Waals surface area contributed by atoms with Gasteiger partial charge in [-0.1, -0.05) is 12.1 Å². The number of piperidine rings is 1. The fourth-order valence-electron chi connectivity index (χ4n) is 4.53. The molecule has 3 aromatic rings. The van der Waals surface area contributed by atoms with E-state index >= 15 is 0 Å². The summed E-state index contributed by atoms with van der Waals surface area (Å²) < 4.78 is 25.4. The number of nitrogens with zero attached hydrogens (tertiary/aromatic N) is 3. The number of aromatic nitrogens is 2. The van der Waals surface area contributed by atoms with Crippen LogP contribution in [0.25, 0.3) is 17.3 Å². The summed E-state index contributed by atoms with van der Waals surface area (Å²) in [6.45, 7) is 5.33. The molecule has 0 unspecified atom stereocenters. The number of amides is 1. The fraction of sp³-hybridized carbons (Fsp3) is 0.296. The lowest BCUT2D eigenvalue weighted by Crippen LogP contribution is -2.26. The number of fused-ring (bicyclic) bond motifs is 1. The molecule has 1 amide bonds. The van der Waals surface area contributed by atoms with Gasteiger partial charge in [-0.3, -0.25) is 9.78 Å². The van der Waals surface area contributed by atoms with E-state index in [1.165, 1.54) is 18.0 Å². The number of carbonyl (C=O) groups excluding carboxylic acids is 1. The lowest BCUT2D eigenvalue weighted by atomic mass is 9.90. The third kappa shape index (κ3) is 4.76. The highest BCUT2D eigenvalue weighted by Crippen LogP contribution is 2.32. The standard InChI is InChI=1S/C27H28N5O3S/c1-17(2)36(34,35)23-13-21(15-29-16-23)24-14-20-9-12-30-27(33)25(20)26(32-24)31-22-5-3-18(4-6-22)19-7-10-28-11-8-19/h3-6,9,12-17,19,28H,7-8,10-11H2,1-2H3,(H,31,32). The van der Waals surface area contributed by atoms with Crippen LogP contribution in [0.15, 0.2) is 59.9 Å². The van der Waals surface area contributed by atoms with Gasteiger partial charge in [0, 0.05) is 29.8 Å². The van der Waals surface area contributed by atoms with Crippen molar-refractivity contribution in [3.05, 3.63) is 71.7 Å². The largest absolute Gasteiger partial charge is 0.340 e. The molecule has 36 heavy (non-hydrogen) atoms. The van der Waals surface area contributed by atoms with E-state index in [9.17, 15) is 13.2 Å². The Morgan fingerprint density at radius 1 is 1.06 bits per heavy atom. The number of nitrogens with one attached hydrogen (secondary N) is 2. The summed E-state index contributed by atoms with van der Waals surface area (Å²) >= 11 is 0. The maximum absolute atomic E-state index is 12.7. The molecule has 2 N–H and O–H groups in total. The highest BCUT2D eigenvalue weighted by molar-refractivity contribution is 7.92. The molecule has 0 aliphatic carbocycles. The van der Waals surface area contributed by atoms with E-state index in [4.69, 9.17) is 4.98 Å².